The lowest BCUT2D eigenvalue weighted by Crippen LogP contribution is -2.35. The van der Waals surface area contributed by atoms with Crippen molar-refractivity contribution in [2.75, 3.05) is 24.5 Å². The maximum absolute atomic E-state index is 9.79. The van der Waals surface area contributed by atoms with Crippen molar-refractivity contribution in [2.45, 2.75) is 51.2 Å². The molecule has 0 radical (unpaired) electrons. The minimum Gasteiger partial charge on any atom is -0.392 e. The summed E-state index contributed by atoms with van der Waals surface area (Å²) in [6, 6.07) is 11.0. The molecule has 2 aliphatic heterocycles. The molecule has 4 heteroatoms. The summed E-state index contributed by atoms with van der Waals surface area (Å²) in [5, 5.41) is 14.5. The molecule has 134 valence electrons. The third-order valence-corrected chi connectivity index (χ3v) is 5.95. The quantitative estimate of drug-likeness (QED) is 0.876. The van der Waals surface area contributed by atoms with Crippen LogP contribution in [-0.4, -0.2) is 35.8 Å². The van der Waals surface area contributed by atoms with Crippen molar-refractivity contribution in [3.05, 3.63) is 35.9 Å². The van der Waals surface area contributed by atoms with E-state index in [0.29, 0.717) is 0 Å². The molecule has 0 aliphatic carbocycles. The van der Waals surface area contributed by atoms with E-state index >= 15 is 0 Å². The van der Waals surface area contributed by atoms with Crippen molar-refractivity contribution in [1.82, 2.24) is 10.3 Å². The number of hydrogen-bond donors (Lipinski definition) is 2. The molecule has 2 aliphatic rings. The van der Waals surface area contributed by atoms with Gasteiger partial charge in [-0.25, -0.2) is 4.98 Å². The minimum atomic E-state index is 0.0560. The van der Waals surface area contributed by atoms with Crippen molar-refractivity contribution in [1.29, 1.82) is 0 Å². The summed E-state index contributed by atoms with van der Waals surface area (Å²) < 4.78 is 0. The molecule has 0 unspecified atom stereocenters. The normalized spacial score (nSPS) is 22.0. The third-order valence-electron chi connectivity index (χ3n) is 5.95. The summed E-state index contributed by atoms with van der Waals surface area (Å²) in [4.78, 5) is 7.24. The molecule has 0 spiro atoms. The number of benzene rings is 1. The molecule has 0 bridgehead atoms. The van der Waals surface area contributed by atoms with Crippen LogP contribution in [0.2, 0.25) is 0 Å². The number of pyridine rings is 1. The average Bonchev–Trinajstić information content (AvgIpc) is 3.19. The van der Waals surface area contributed by atoms with Crippen LogP contribution in [-0.2, 0) is 6.61 Å². The third kappa shape index (κ3) is 3.80. The topological polar surface area (TPSA) is 48.4 Å². The van der Waals surface area contributed by atoms with Gasteiger partial charge in [-0.1, -0.05) is 18.2 Å². The van der Waals surface area contributed by atoms with E-state index < -0.39 is 0 Å². The van der Waals surface area contributed by atoms with E-state index in [0.717, 1.165) is 47.3 Å². The van der Waals surface area contributed by atoms with Crippen molar-refractivity contribution >= 4 is 16.7 Å². The van der Waals surface area contributed by atoms with Crippen LogP contribution < -0.4 is 10.2 Å². The summed E-state index contributed by atoms with van der Waals surface area (Å²) >= 11 is 0. The van der Waals surface area contributed by atoms with Crippen LogP contribution in [0.15, 0.2) is 30.3 Å². The Kier molecular flexibility index (Phi) is 5.18. The van der Waals surface area contributed by atoms with Crippen LogP contribution >= 0.6 is 0 Å². The van der Waals surface area contributed by atoms with Gasteiger partial charge in [0, 0.05) is 30.1 Å². The number of fused-ring (bicyclic) bond motifs is 1. The van der Waals surface area contributed by atoms with Gasteiger partial charge in [0.05, 0.1) is 12.1 Å². The Morgan fingerprint density at radius 1 is 1.12 bits per heavy atom. The van der Waals surface area contributed by atoms with Crippen molar-refractivity contribution in [3.8, 4) is 0 Å². The number of nitrogens with one attached hydrogen (secondary N) is 1. The molecule has 25 heavy (non-hydrogen) atoms. The van der Waals surface area contributed by atoms with Crippen LogP contribution in [0.1, 0.15) is 44.1 Å². The van der Waals surface area contributed by atoms with Crippen molar-refractivity contribution < 1.29 is 5.11 Å². The Hall–Kier alpha value is -1.65. The predicted molar refractivity (Wildman–Crippen MR) is 103 cm³/mol. The first-order chi connectivity index (χ1) is 12.3. The Labute approximate surface area is 150 Å². The van der Waals surface area contributed by atoms with Gasteiger partial charge in [0.15, 0.2) is 0 Å². The highest BCUT2D eigenvalue weighted by atomic mass is 16.3. The summed E-state index contributed by atoms with van der Waals surface area (Å²) in [5.74, 6) is 1.83. The molecule has 1 aromatic heterocycles. The van der Waals surface area contributed by atoms with Crippen LogP contribution in [0.5, 0.6) is 0 Å². The first-order valence-electron chi connectivity index (χ1n) is 9.81. The first-order valence-corrected chi connectivity index (χ1v) is 9.81. The fraction of sp³-hybridized carbons (Fsp3) is 0.571. The van der Waals surface area contributed by atoms with E-state index in [1.54, 1.807) is 0 Å². The van der Waals surface area contributed by atoms with E-state index in [-0.39, 0.29) is 6.61 Å². The van der Waals surface area contributed by atoms with E-state index in [1.165, 1.54) is 45.1 Å². The van der Waals surface area contributed by atoms with E-state index in [2.05, 4.69) is 28.4 Å². The lowest BCUT2D eigenvalue weighted by atomic mass is 9.90. The van der Waals surface area contributed by atoms with Gasteiger partial charge < -0.3 is 15.3 Å². The van der Waals surface area contributed by atoms with Gasteiger partial charge in [-0.3, -0.25) is 0 Å². The van der Waals surface area contributed by atoms with Gasteiger partial charge >= 0.3 is 0 Å². The molecule has 2 aromatic rings. The Morgan fingerprint density at radius 3 is 2.72 bits per heavy atom. The van der Waals surface area contributed by atoms with E-state index in [9.17, 15) is 5.11 Å². The second-order valence-electron chi connectivity index (χ2n) is 7.62. The largest absolute Gasteiger partial charge is 0.392 e. The number of nitrogens with zero attached hydrogens (tertiary/aromatic N) is 2. The van der Waals surface area contributed by atoms with Crippen LogP contribution in [0, 0.1) is 5.92 Å². The predicted octanol–water partition coefficient (Wildman–Crippen LogP) is 3.48. The fourth-order valence-electron chi connectivity index (χ4n) is 4.41. The molecule has 2 saturated heterocycles. The monoisotopic (exact) mass is 339 g/mol. The summed E-state index contributed by atoms with van der Waals surface area (Å²) in [6.07, 6.45) is 7.88. The fourth-order valence-corrected chi connectivity index (χ4v) is 4.41. The average molecular weight is 339 g/mol. The standard InChI is InChI=1S/C21H29N3O/c25-15-18-14-17-4-1-2-6-20(17)23-21(18)24-12-9-16(10-13-24)7-8-19-5-3-11-22-19/h1-2,4,6,14,16,19,22,25H,3,5,7-13,15H2/t19-/m1/s1. The molecule has 2 N–H and O–H groups in total. The molecule has 2 fully saturated rings. The zero-order valence-electron chi connectivity index (χ0n) is 15.0. The zero-order chi connectivity index (χ0) is 17.1. The van der Waals surface area contributed by atoms with Crippen LogP contribution in [0.25, 0.3) is 10.9 Å². The Morgan fingerprint density at radius 2 is 1.96 bits per heavy atom. The summed E-state index contributed by atoms with van der Waals surface area (Å²) in [7, 11) is 0. The highest BCUT2D eigenvalue weighted by molar-refractivity contribution is 5.81. The molecule has 1 aromatic carbocycles. The lowest BCUT2D eigenvalue weighted by Gasteiger charge is -2.34. The zero-order valence-corrected chi connectivity index (χ0v) is 15.0. The number of anilines is 1. The molecular weight excluding hydrogens is 310 g/mol. The maximum Gasteiger partial charge on any atom is 0.134 e. The SMILES string of the molecule is OCc1cc2ccccc2nc1N1CCC(CC[C@H]2CCCN2)CC1. The van der Waals surface area contributed by atoms with Gasteiger partial charge in [-0.05, 0) is 63.1 Å². The maximum atomic E-state index is 9.79. The van der Waals surface area contributed by atoms with E-state index in [4.69, 9.17) is 4.98 Å². The number of rotatable bonds is 5. The Bertz CT molecular complexity index is 703. The highest BCUT2D eigenvalue weighted by Gasteiger charge is 2.23. The minimum absolute atomic E-state index is 0.0560. The van der Waals surface area contributed by atoms with Crippen LogP contribution in [0.3, 0.4) is 0 Å². The van der Waals surface area contributed by atoms with Crippen molar-refractivity contribution in [2.24, 2.45) is 5.92 Å². The number of aliphatic hydroxyl groups is 1. The number of hydrogen-bond acceptors (Lipinski definition) is 4. The number of piperidine rings is 1. The second-order valence-corrected chi connectivity index (χ2v) is 7.62. The number of aliphatic hydroxyl groups excluding tert-OH is 1. The molecule has 4 rings (SSSR count). The van der Waals surface area contributed by atoms with Gasteiger partial charge in [0.2, 0.25) is 0 Å². The highest BCUT2D eigenvalue weighted by Crippen LogP contribution is 2.30. The molecule has 1 atom stereocenters. The number of para-hydroxylation sites is 1. The summed E-state index contributed by atoms with van der Waals surface area (Å²) in [6.45, 7) is 3.38. The first kappa shape index (κ1) is 16.8. The molecule has 3 heterocycles. The van der Waals surface area contributed by atoms with Gasteiger partial charge in [0.25, 0.3) is 0 Å². The number of aromatic nitrogens is 1. The second kappa shape index (κ2) is 7.71. The Balaban J connectivity index is 1.40. The molecule has 4 nitrogen and oxygen atoms in total. The lowest BCUT2D eigenvalue weighted by molar-refractivity contribution is 0.281. The van der Waals surface area contributed by atoms with Gasteiger partial charge in [0.1, 0.15) is 5.82 Å². The summed E-state index contributed by atoms with van der Waals surface area (Å²) in [5.41, 5.74) is 1.97. The van der Waals surface area contributed by atoms with Crippen LogP contribution in [0.4, 0.5) is 5.82 Å². The van der Waals surface area contributed by atoms with E-state index in [1.807, 2.05) is 12.1 Å². The smallest absolute Gasteiger partial charge is 0.134 e. The van der Waals surface area contributed by atoms with Crippen molar-refractivity contribution in [3.63, 3.8) is 0 Å². The molecule has 0 saturated carbocycles. The molecular formula is C21H29N3O. The van der Waals surface area contributed by atoms with Gasteiger partial charge in [-0.15, -0.1) is 0 Å². The molecule has 0 amide bonds. The van der Waals surface area contributed by atoms with Gasteiger partial charge in [-0.2, -0.15) is 0 Å².